The number of furan rings is 1. The number of nitrogens with zero attached hydrogens (tertiary/aromatic N) is 5. The van der Waals surface area contributed by atoms with Gasteiger partial charge in [0.2, 0.25) is 5.91 Å². The van der Waals surface area contributed by atoms with Crippen molar-refractivity contribution >= 4 is 5.91 Å². The van der Waals surface area contributed by atoms with Crippen molar-refractivity contribution in [1.29, 1.82) is 0 Å². The van der Waals surface area contributed by atoms with E-state index in [4.69, 9.17) is 10.2 Å². The summed E-state index contributed by atoms with van der Waals surface area (Å²) in [5.41, 5.74) is 5.74. The molecule has 1 aliphatic rings. The average Bonchev–Trinajstić information content (AvgIpc) is 3.18. The van der Waals surface area contributed by atoms with Gasteiger partial charge in [0.05, 0.1) is 12.8 Å². The van der Waals surface area contributed by atoms with Crippen molar-refractivity contribution in [2.45, 2.75) is 44.9 Å². The van der Waals surface area contributed by atoms with Gasteiger partial charge in [0.1, 0.15) is 18.1 Å². The van der Waals surface area contributed by atoms with Crippen LogP contribution in [0.2, 0.25) is 0 Å². The van der Waals surface area contributed by atoms with Gasteiger partial charge in [-0.15, -0.1) is 0 Å². The van der Waals surface area contributed by atoms with Crippen molar-refractivity contribution in [1.82, 2.24) is 24.1 Å². The Morgan fingerprint density at radius 3 is 2.89 bits per heavy atom. The molecule has 0 saturated carbocycles. The monoisotopic (exact) mass is 376 g/mol. The highest BCUT2D eigenvalue weighted by molar-refractivity contribution is 5.75. The summed E-state index contributed by atoms with van der Waals surface area (Å²) in [6.07, 6.45) is 3.80. The lowest BCUT2D eigenvalue weighted by molar-refractivity contribution is -0.133. The molecule has 1 unspecified atom stereocenters. The Kier molecular flexibility index (Phi) is 6.12. The first-order valence-corrected chi connectivity index (χ1v) is 9.31. The molecule has 1 atom stereocenters. The largest absolute Gasteiger partial charge is 0.467 e. The molecule has 0 aromatic carbocycles. The second-order valence-corrected chi connectivity index (χ2v) is 7.29. The van der Waals surface area contributed by atoms with E-state index in [0.717, 1.165) is 19.4 Å². The van der Waals surface area contributed by atoms with Crippen LogP contribution in [0.1, 0.15) is 24.4 Å². The first kappa shape index (κ1) is 19.4. The smallest absolute Gasteiger partial charge is 0.346 e. The van der Waals surface area contributed by atoms with E-state index >= 15 is 0 Å². The van der Waals surface area contributed by atoms with Gasteiger partial charge < -0.3 is 20.0 Å². The summed E-state index contributed by atoms with van der Waals surface area (Å²) in [5.74, 6) is 1.27. The fraction of sp³-hybridized carbons (Fsp3) is 0.611. The van der Waals surface area contributed by atoms with Crippen LogP contribution in [-0.4, -0.2) is 63.3 Å². The van der Waals surface area contributed by atoms with Gasteiger partial charge in [-0.3, -0.25) is 9.36 Å². The molecule has 3 heterocycles. The number of likely N-dealkylation sites (N-methyl/N-ethyl adjacent to an activating group) is 1. The number of hydrogen-bond acceptors (Lipinski definition) is 6. The molecule has 9 nitrogen and oxygen atoms in total. The van der Waals surface area contributed by atoms with Crippen LogP contribution in [0, 0.1) is 0 Å². The second kappa shape index (κ2) is 8.53. The van der Waals surface area contributed by atoms with E-state index < -0.39 is 0 Å². The van der Waals surface area contributed by atoms with Gasteiger partial charge in [-0.2, -0.15) is 5.10 Å². The molecule has 0 radical (unpaired) electrons. The summed E-state index contributed by atoms with van der Waals surface area (Å²) in [5, 5.41) is 4.39. The van der Waals surface area contributed by atoms with Crippen molar-refractivity contribution in [3.63, 3.8) is 0 Å². The van der Waals surface area contributed by atoms with Crippen molar-refractivity contribution < 1.29 is 9.21 Å². The molecule has 0 bridgehead atoms. The summed E-state index contributed by atoms with van der Waals surface area (Å²) in [4.78, 5) is 29.2. The first-order valence-electron chi connectivity index (χ1n) is 9.31. The highest BCUT2D eigenvalue weighted by atomic mass is 16.3. The van der Waals surface area contributed by atoms with E-state index in [1.165, 1.54) is 4.68 Å². The minimum absolute atomic E-state index is 0.0704. The lowest BCUT2D eigenvalue weighted by Crippen LogP contribution is -2.40. The number of fused-ring (bicyclic) bond motifs is 1. The predicted molar refractivity (Wildman–Crippen MR) is 100 cm³/mol. The molecule has 1 aliphatic heterocycles. The van der Waals surface area contributed by atoms with E-state index in [9.17, 15) is 9.59 Å². The standard InChI is InChI=1S/C18H28N6O3/c1-21(2)9-10-22(12-15-4-3-11-27-15)17(25)13-24-18(26)23-8-7-14(19)5-6-16(23)20-24/h3-4,11,14H,5-10,12-13,19H2,1-2H3. The molecule has 1 amide bonds. The summed E-state index contributed by atoms with van der Waals surface area (Å²) in [6.45, 7) is 2.12. The van der Waals surface area contributed by atoms with E-state index in [1.54, 1.807) is 21.8 Å². The van der Waals surface area contributed by atoms with Crippen molar-refractivity contribution in [2.24, 2.45) is 5.73 Å². The van der Waals surface area contributed by atoms with Crippen LogP contribution in [0.5, 0.6) is 0 Å². The van der Waals surface area contributed by atoms with Gasteiger partial charge in [0, 0.05) is 32.1 Å². The molecule has 148 valence electrons. The first-order chi connectivity index (χ1) is 12.9. The Morgan fingerprint density at radius 2 is 2.19 bits per heavy atom. The summed E-state index contributed by atoms with van der Waals surface area (Å²) in [6, 6.07) is 3.73. The minimum Gasteiger partial charge on any atom is -0.467 e. The Hall–Kier alpha value is -2.39. The molecule has 0 aliphatic carbocycles. The van der Waals surface area contributed by atoms with E-state index in [-0.39, 0.29) is 24.2 Å². The third kappa shape index (κ3) is 4.86. The Balaban J connectivity index is 1.73. The average molecular weight is 376 g/mol. The van der Waals surface area contributed by atoms with Crippen LogP contribution in [-0.2, 0) is 30.8 Å². The second-order valence-electron chi connectivity index (χ2n) is 7.29. The predicted octanol–water partition coefficient (Wildman–Crippen LogP) is -0.108. The molecule has 9 heteroatoms. The zero-order chi connectivity index (χ0) is 19.4. The topological polar surface area (TPSA) is 103 Å². The molecule has 2 N–H and O–H groups in total. The zero-order valence-electron chi connectivity index (χ0n) is 16.0. The lowest BCUT2D eigenvalue weighted by atomic mass is 10.1. The van der Waals surface area contributed by atoms with Gasteiger partial charge in [0.15, 0.2) is 0 Å². The molecule has 2 aromatic rings. The highest BCUT2D eigenvalue weighted by Crippen LogP contribution is 2.11. The van der Waals surface area contributed by atoms with Crippen LogP contribution in [0.4, 0.5) is 0 Å². The van der Waals surface area contributed by atoms with Gasteiger partial charge in [-0.1, -0.05) is 0 Å². The normalized spacial score (nSPS) is 17.0. The van der Waals surface area contributed by atoms with E-state index in [0.29, 0.717) is 37.6 Å². The Bertz CT molecular complexity index is 808. The lowest BCUT2D eigenvalue weighted by Gasteiger charge is -2.23. The van der Waals surface area contributed by atoms with Crippen molar-refractivity contribution in [3.05, 3.63) is 40.5 Å². The van der Waals surface area contributed by atoms with Gasteiger partial charge in [-0.25, -0.2) is 9.48 Å². The summed E-state index contributed by atoms with van der Waals surface area (Å²) < 4.78 is 8.30. The van der Waals surface area contributed by atoms with E-state index in [2.05, 4.69) is 5.10 Å². The van der Waals surface area contributed by atoms with Gasteiger partial charge >= 0.3 is 5.69 Å². The van der Waals surface area contributed by atoms with Crippen LogP contribution in [0.25, 0.3) is 0 Å². The number of rotatable bonds is 7. The molecular weight excluding hydrogens is 348 g/mol. The SMILES string of the molecule is CN(C)CCN(Cc1ccco1)C(=O)Cn1nc2n(c1=O)CCC(N)CC2. The van der Waals surface area contributed by atoms with Crippen molar-refractivity contribution in [2.75, 3.05) is 27.2 Å². The molecule has 0 saturated heterocycles. The fourth-order valence-electron chi connectivity index (χ4n) is 3.18. The third-order valence-electron chi connectivity index (χ3n) is 4.84. The zero-order valence-corrected chi connectivity index (χ0v) is 16.0. The number of nitrogens with two attached hydrogens (primary N) is 1. The fourth-order valence-corrected chi connectivity index (χ4v) is 3.18. The number of hydrogen-bond donors (Lipinski definition) is 1. The van der Waals surface area contributed by atoms with Crippen LogP contribution >= 0.6 is 0 Å². The number of carbonyl (C=O) groups is 1. The highest BCUT2D eigenvalue weighted by Gasteiger charge is 2.22. The third-order valence-corrected chi connectivity index (χ3v) is 4.84. The van der Waals surface area contributed by atoms with Crippen LogP contribution < -0.4 is 11.4 Å². The Labute approximate surface area is 158 Å². The van der Waals surface area contributed by atoms with E-state index in [1.807, 2.05) is 25.1 Å². The molecule has 27 heavy (non-hydrogen) atoms. The summed E-state index contributed by atoms with van der Waals surface area (Å²) >= 11 is 0. The molecule has 3 rings (SSSR count). The summed E-state index contributed by atoms with van der Waals surface area (Å²) in [7, 11) is 3.91. The maximum atomic E-state index is 12.9. The number of aromatic nitrogens is 3. The Morgan fingerprint density at radius 1 is 1.37 bits per heavy atom. The number of amides is 1. The number of carbonyl (C=O) groups excluding carboxylic acids is 1. The molecular formula is C18H28N6O3. The van der Waals surface area contributed by atoms with Crippen molar-refractivity contribution in [3.8, 4) is 0 Å². The molecule has 2 aromatic heterocycles. The van der Waals surface area contributed by atoms with Gasteiger partial charge in [0.25, 0.3) is 0 Å². The van der Waals surface area contributed by atoms with Crippen LogP contribution in [0.3, 0.4) is 0 Å². The molecule has 0 fully saturated rings. The number of aryl methyl sites for hydroxylation is 1. The van der Waals surface area contributed by atoms with Gasteiger partial charge in [-0.05, 0) is 39.1 Å². The maximum Gasteiger partial charge on any atom is 0.346 e. The van der Waals surface area contributed by atoms with Crippen LogP contribution in [0.15, 0.2) is 27.6 Å². The quantitative estimate of drug-likeness (QED) is 0.723. The minimum atomic E-state index is -0.238. The maximum absolute atomic E-state index is 12.9. The molecule has 0 spiro atoms.